The minimum atomic E-state index is 0.258. The molecule has 0 amide bonds. The van der Waals surface area contributed by atoms with Crippen molar-refractivity contribution in [3.63, 3.8) is 0 Å². The number of hydrogen-bond donors (Lipinski definition) is 1. The summed E-state index contributed by atoms with van der Waals surface area (Å²) in [5.41, 5.74) is 5.26. The third kappa shape index (κ3) is 3.13. The van der Waals surface area contributed by atoms with Gasteiger partial charge in [0.1, 0.15) is 0 Å². The number of hydrogen-bond acceptors (Lipinski definition) is 2. The zero-order chi connectivity index (χ0) is 14.7. The Morgan fingerprint density at radius 1 is 1.30 bits per heavy atom. The van der Waals surface area contributed by atoms with Crippen LogP contribution in [0.3, 0.4) is 0 Å². The average molecular weight is 336 g/mol. The van der Waals surface area contributed by atoms with Crippen molar-refractivity contribution in [2.24, 2.45) is 0 Å². The van der Waals surface area contributed by atoms with Crippen molar-refractivity contribution in [2.75, 3.05) is 7.05 Å². The van der Waals surface area contributed by atoms with E-state index in [0.29, 0.717) is 0 Å². The lowest BCUT2D eigenvalue weighted by Gasteiger charge is -2.19. The molecule has 1 heterocycles. The van der Waals surface area contributed by atoms with E-state index in [-0.39, 0.29) is 6.04 Å². The highest BCUT2D eigenvalue weighted by atomic mass is 79.9. The van der Waals surface area contributed by atoms with Crippen molar-refractivity contribution in [1.82, 2.24) is 15.1 Å². The molecule has 0 saturated heterocycles. The number of nitrogens with zero attached hydrogens (tertiary/aromatic N) is 2. The largest absolute Gasteiger partial charge is 0.311 e. The van der Waals surface area contributed by atoms with Crippen molar-refractivity contribution >= 4 is 15.9 Å². The Kier molecular flexibility index (Phi) is 5.00. The SMILES string of the molecule is CCn1ncc(Br)c1C(Cc1ccc(C)c(C)c1)NC. The van der Waals surface area contributed by atoms with E-state index >= 15 is 0 Å². The first-order chi connectivity index (χ1) is 9.56. The van der Waals surface area contributed by atoms with E-state index in [2.05, 4.69) is 65.3 Å². The van der Waals surface area contributed by atoms with Gasteiger partial charge in [-0.2, -0.15) is 5.10 Å². The molecule has 20 heavy (non-hydrogen) atoms. The number of aromatic nitrogens is 2. The summed E-state index contributed by atoms with van der Waals surface area (Å²) in [4.78, 5) is 0. The monoisotopic (exact) mass is 335 g/mol. The van der Waals surface area contributed by atoms with E-state index in [1.54, 1.807) is 0 Å². The minimum absolute atomic E-state index is 0.258. The highest BCUT2D eigenvalue weighted by molar-refractivity contribution is 9.10. The fraction of sp³-hybridized carbons (Fsp3) is 0.438. The van der Waals surface area contributed by atoms with E-state index in [0.717, 1.165) is 17.4 Å². The second-order valence-corrected chi connectivity index (χ2v) is 6.01. The summed E-state index contributed by atoms with van der Waals surface area (Å²) in [6.07, 6.45) is 2.84. The molecule has 1 aromatic carbocycles. The first-order valence-corrected chi connectivity index (χ1v) is 7.80. The number of nitrogens with one attached hydrogen (secondary N) is 1. The van der Waals surface area contributed by atoms with Gasteiger partial charge in [0.05, 0.1) is 22.4 Å². The van der Waals surface area contributed by atoms with Crippen LogP contribution in [0.5, 0.6) is 0 Å². The van der Waals surface area contributed by atoms with Crippen LogP contribution >= 0.6 is 15.9 Å². The summed E-state index contributed by atoms with van der Waals surface area (Å²) in [7, 11) is 2.01. The Hall–Kier alpha value is -1.13. The second-order valence-electron chi connectivity index (χ2n) is 5.16. The molecule has 0 saturated carbocycles. The Morgan fingerprint density at radius 3 is 2.65 bits per heavy atom. The van der Waals surface area contributed by atoms with Gasteiger partial charge in [0, 0.05) is 6.54 Å². The molecule has 0 fully saturated rings. The van der Waals surface area contributed by atoms with Crippen molar-refractivity contribution in [3.05, 3.63) is 51.3 Å². The van der Waals surface area contributed by atoms with Crippen molar-refractivity contribution < 1.29 is 0 Å². The fourth-order valence-electron chi connectivity index (χ4n) is 2.47. The Balaban J connectivity index is 2.28. The number of rotatable bonds is 5. The molecule has 0 radical (unpaired) electrons. The Bertz CT molecular complexity index is 589. The van der Waals surface area contributed by atoms with E-state index < -0.39 is 0 Å². The maximum Gasteiger partial charge on any atom is 0.0698 e. The molecule has 1 unspecified atom stereocenters. The van der Waals surface area contributed by atoms with Gasteiger partial charge in [-0.15, -0.1) is 0 Å². The van der Waals surface area contributed by atoms with Crippen LogP contribution < -0.4 is 5.32 Å². The number of benzene rings is 1. The lowest BCUT2D eigenvalue weighted by Crippen LogP contribution is -2.23. The zero-order valence-corrected chi connectivity index (χ0v) is 14.2. The molecule has 1 N–H and O–H groups in total. The molecule has 1 aromatic heterocycles. The van der Waals surface area contributed by atoms with Crippen LogP contribution in [-0.4, -0.2) is 16.8 Å². The normalized spacial score (nSPS) is 12.7. The molecule has 3 nitrogen and oxygen atoms in total. The Morgan fingerprint density at radius 2 is 2.05 bits per heavy atom. The molecular formula is C16H22BrN3. The van der Waals surface area contributed by atoms with Crippen molar-refractivity contribution in [2.45, 2.75) is 39.8 Å². The van der Waals surface area contributed by atoms with Crippen LogP contribution in [0.15, 0.2) is 28.9 Å². The maximum atomic E-state index is 4.41. The zero-order valence-electron chi connectivity index (χ0n) is 12.6. The highest BCUT2D eigenvalue weighted by Gasteiger charge is 2.18. The summed E-state index contributed by atoms with van der Waals surface area (Å²) in [5, 5.41) is 7.82. The molecule has 0 aliphatic rings. The maximum absolute atomic E-state index is 4.41. The van der Waals surface area contributed by atoms with Crippen LogP contribution in [0.2, 0.25) is 0 Å². The van der Waals surface area contributed by atoms with Crippen LogP contribution in [0, 0.1) is 13.8 Å². The molecule has 1 atom stereocenters. The van der Waals surface area contributed by atoms with Gasteiger partial charge in [-0.05, 0) is 66.9 Å². The van der Waals surface area contributed by atoms with Crippen LogP contribution in [0.25, 0.3) is 0 Å². The minimum Gasteiger partial charge on any atom is -0.311 e. The first kappa shape index (κ1) is 15.3. The summed E-state index contributed by atoms with van der Waals surface area (Å²) >= 11 is 3.62. The standard InChI is InChI=1S/C16H22BrN3/c1-5-20-16(14(17)10-19-20)15(18-4)9-13-7-6-11(2)12(3)8-13/h6-8,10,15,18H,5,9H2,1-4H3. The predicted molar refractivity (Wildman–Crippen MR) is 87.0 cm³/mol. The lowest BCUT2D eigenvalue weighted by molar-refractivity contribution is 0.511. The summed E-state index contributed by atoms with van der Waals surface area (Å²) in [6, 6.07) is 6.95. The predicted octanol–water partition coefficient (Wildman–Crippen LogP) is 3.79. The molecular weight excluding hydrogens is 314 g/mol. The van der Waals surface area contributed by atoms with Gasteiger partial charge in [0.15, 0.2) is 0 Å². The van der Waals surface area contributed by atoms with Crippen LogP contribution in [-0.2, 0) is 13.0 Å². The molecule has 2 rings (SSSR count). The number of halogens is 1. The van der Waals surface area contributed by atoms with E-state index in [4.69, 9.17) is 0 Å². The van der Waals surface area contributed by atoms with Gasteiger partial charge in [-0.3, -0.25) is 4.68 Å². The topological polar surface area (TPSA) is 29.9 Å². The molecule has 0 bridgehead atoms. The first-order valence-electron chi connectivity index (χ1n) is 7.01. The van der Waals surface area contributed by atoms with Crippen LogP contribution in [0.1, 0.15) is 35.3 Å². The molecule has 4 heteroatoms. The van der Waals surface area contributed by atoms with Gasteiger partial charge in [-0.25, -0.2) is 0 Å². The smallest absolute Gasteiger partial charge is 0.0698 e. The third-order valence-corrected chi connectivity index (χ3v) is 4.43. The Labute approximate surface area is 129 Å². The van der Waals surface area contributed by atoms with Crippen LogP contribution in [0.4, 0.5) is 0 Å². The summed E-state index contributed by atoms with van der Waals surface area (Å²) in [5.74, 6) is 0. The van der Waals surface area contributed by atoms with E-state index in [9.17, 15) is 0 Å². The number of aryl methyl sites for hydroxylation is 3. The van der Waals surface area contributed by atoms with Gasteiger partial charge >= 0.3 is 0 Å². The van der Waals surface area contributed by atoms with Gasteiger partial charge in [-0.1, -0.05) is 18.2 Å². The fourth-order valence-corrected chi connectivity index (χ4v) is 3.04. The van der Waals surface area contributed by atoms with Crippen molar-refractivity contribution in [3.8, 4) is 0 Å². The summed E-state index contributed by atoms with van der Waals surface area (Å²) < 4.78 is 3.12. The van der Waals surface area contributed by atoms with E-state index in [1.807, 2.05) is 17.9 Å². The molecule has 2 aromatic rings. The highest BCUT2D eigenvalue weighted by Crippen LogP contribution is 2.26. The lowest BCUT2D eigenvalue weighted by atomic mass is 9.99. The molecule has 0 aliphatic heterocycles. The van der Waals surface area contributed by atoms with Gasteiger partial charge in [0.25, 0.3) is 0 Å². The average Bonchev–Trinajstić information content (AvgIpc) is 2.81. The van der Waals surface area contributed by atoms with E-state index in [1.165, 1.54) is 22.4 Å². The second kappa shape index (κ2) is 6.55. The number of likely N-dealkylation sites (N-methyl/N-ethyl adjacent to an activating group) is 1. The summed E-state index contributed by atoms with van der Waals surface area (Å²) in [6.45, 7) is 7.31. The van der Waals surface area contributed by atoms with Gasteiger partial charge in [0.2, 0.25) is 0 Å². The van der Waals surface area contributed by atoms with Gasteiger partial charge < -0.3 is 5.32 Å². The molecule has 0 aliphatic carbocycles. The quantitative estimate of drug-likeness (QED) is 0.900. The third-order valence-electron chi connectivity index (χ3n) is 3.82. The molecule has 0 spiro atoms. The van der Waals surface area contributed by atoms with Crippen molar-refractivity contribution in [1.29, 1.82) is 0 Å². The molecule has 108 valence electrons.